The molecule has 9 heteroatoms. The Hall–Kier alpha value is -2.11. The van der Waals surface area contributed by atoms with Gasteiger partial charge in [-0.25, -0.2) is 9.07 Å². The zero-order valence-corrected chi connectivity index (χ0v) is 15.9. The fraction of sp³-hybridized carbons (Fsp3) is 0.235. The van der Waals surface area contributed by atoms with E-state index in [0.717, 1.165) is 8.25 Å². The number of pyridine rings is 1. The number of halogens is 2. The van der Waals surface area contributed by atoms with Gasteiger partial charge in [0.15, 0.2) is 0 Å². The lowest BCUT2D eigenvalue weighted by Crippen LogP contribution is -2.31. The average molecular weight is 470 g/mol. The van der Waals surface area contributed by atoms with Gasteiger partial charge in [0.05, 0.1) is 47.9 Å². The smallest absolute Gasteiger partial charge is 0.276 e. The third kappa shape index (κ3) is 3.69. The first-order valence-electron chi connectivity index (χ1n) is 7.77. The summed E-state index contributed by atoms with van der Waals surface area (Å²) >= 11 is 2.01. The van der Waals surface area contributed by atoms with E-state index in [-0.39, 0.29) is 17.6 Å². The standard InChI is InChI=1S/C17H16FIN4O3/c1-9-12-5-20-6-15(21-14-3-2-10(19)4-13(14)18)16(12)17(26)23(22-9)7-11(25)8-24/h2-6,11,21,24-25H,7-8H2,1H3/t11-/m0/s1. The number of aliphatic hydroxyl groups is 2. The number of benzene rings is 1. The lowest BCUT2D eigenvalue weighted by atomic mass is 10.1. The van der Waals surface area contributed by atoms with Crippen molar-refractivity contribution in [2.24, 2.45) is 0 Å². The molecule has 3 aromatic rings. The zero-order chi connectivity index (χ0) is 18.8. The first-order chi connectivity index (χ1) is 12.4. The molecule has 0 fully saturated rings. The molecular weight excluding hydrogens is 454 g/mol. The Balaban J connectivity index is 2.15. The molecule has 0 radical (unpaired) electrons. The van der Waals surface area contributed by atoms with Crippen LogP contribution in [0.5, 0.6) is 0 Å². The van der Waals surface area contributed by atoms with E-state index in [4.69, 9.17) is 5.11 Å². The topological polar surface area (TPSA) is 100 Å². The highest BCUT2D eigenvalue weighted by atomic mass is 127. The molecule has 0 unspecified atom stereocenters. The molecule has 3 rings (SSSR count). The highest BCUT2D eigenvalue weighted by Crippen LogP contribution is 2.26. The van der Waals surface area contributed by atoms with Crippen LogP contribution in [0.1, 0.15) is 5.69 Å². The molecule has 2 aromatic heterocycles. The third-order valence-corrected chi connectivity index (χ3v) is 4.52. The van der Waals surface area contributed by atoms with Gasteiger partial charge in [-0.05, 0) is 47.7 Å². The van der Waals surface area contributed by atoms with Gasteiger partial charge in [-0.15, -0.1) is 0 Å². The second kappa shape index (κ2) is 7.64. The molecule has 0 aliphatic rings. The van der Waals surface area contributed by atoms with Crippen LogP contribution in [-0.2, 0) is 6.54 Å². The number of nitrogens with zero attached hydrogens (tertiary/aromatic N) is 3. The van der Waals surface area contributed by atoms with Crippen molar-refractivity contribution in [3.05, 3.63) is 56.0 Å². The van der Waals surface area contributed by atoms with Crippen LogP contribution in [0.15, 0.2) is 35.4 Å². The Morgan fingerprint density at radius 3 is 2.81 bits per heavy atom. The second-order valence-corrected chi connectivity index (χ2v) is 7.01. The van der Waals surface area contributed by atoms with Crippen molar-refractivity contribution < 1.29 is 14.6 Å². The summed E-state index contributed by atoms with van der Waals surface area (Å²) in [6.45, 7) is 1.08. The monoisotopic (exact) mass is 470 g/mol. The van der Waals surface area contributed by atoms with Gasteiger partial charge in [0, 0.05) is 15.2 Å². The van der Waals surface area contributed by atoms with Crippen molar-refractivity contribution in [2.75, 3.05) is 11.9 Å². The SMILES string of the molecule is Cc1nn(C[C@H](O)CO)c(=O)c2c(Nc3ccc(I)cc3F)cncc12. The Morgan fingerprint density at radius 2 is 2.12 bits per heavy atom. The predicted molar refractivity (Wildman–Crippen MR) is 104 cm³/mol. The van der Waals surface area contributed by atoms with Crippen LogP contribution in [0.3, 0.4) is 0 Å². The number of nitrogens with one attached hydrogen (secondary N) is 1. The van der Waals surface area contributed by atoms with Gasteiger partial charge in [0.25, 0.3) is 5.56 Å². The fourth-order valence-electron chi connectivity index (χ4n) is 2.59. The number of fused-ring (bicyclic) bond motifs is 1. The summed E-state index contributed by atoms with van der Waals surface area (Å²) in [6.07, 6.45) is 1.85. The van der Waals surface area contributed by atoms with Crippen LogP contribution < -0.4 is 10.9 Å². The molecule has 0 aliphatic carbocycles. The summed E-state index contributed by atoms with van der Waals surface area (Å²) in [5.74, 6) is -0.448. The molecule has 0 saturated heterocycles. The van der Waals surface area contributed by atoms with E-state index in [0.29, 0.717) is 16.8 Å². The van der Waals surface area contributed by atoms with Gasteiger partial charge in [0.2, 0.25) is 0 Å². The minimum atomic E-state index is -1.11. The number of rotatable bonds is 5. The first-order valence-corrected chi connectivity index (χ1v) is 8.85. The van der Waals surface area contributed by atoms with E-state index in [1.54, 1.807) is 19.1 Å². The predicted octanol–water partition coefficient (Wildman–Crippen LogP) is 1.94. The van der Waals surface area contributed by atoms with Gasteiger partial charge in [-0.1, -0.05) is 0 Å². The number of anilines is 2. The average Bonchev–Trinajstić information content (AvgIpc) is 2.61. The van der Waals surface area contributed by atoms with Crippen molar-refractivity contribution >= 4 is 44.7 Å². The van der Waals surface area contributed by atoms with E-state index in [9.17, 15) is 14.3 Å². The molecule has 7 nitrogen and oxygen atoms in total. The Kier molecular flexibility index (Phi) is 5.49. The van der Waals surface area contributed by atoms with Gasteiger partial charge >= 0.3 is 0 Å². The molecule has 0 saturated carbocycles. The largest absolute Gasteiger partial charge is 0.394 e. The van der Waals surface area contributed by atoms with Gasteiger partial charge in [-0.2, -0.15) is 5.10 Å². The molecule has 3 N–H and O–H groups in total. The van der Waals surface area contributed by atoms with Gasteiger partial charge in [-0.3, -0.25) is 9.78 Å². The minimum Gasteiger partial charge on any atom is -0.394 e. The molecule has 2 heterocycles. The van der Waals surface area contributed by atoms with Crippen molar-refractivity contribution in [1.82, 2.24) is 14.8 Å². The maximum absolute atomic E-state index is 14.2. The van der Waals surface area contributed by atoms with Crippen LogP contribution in [0.25, 0.3) is 10.8 Å². The van der Waals surface area contributed by atoms with Crippen molar-refractivity contribution in [2.45, 2.75) is 19.6 Å². The van der Waals surface area contributed by atoms with Crippen molar-refractivity contribution in [3.8, 4) is 0 Å². The Morgan fingerprint density at radius 1 is 1.35 bits per heavy atom. The van der Waals surface area contributed by atoms with Crippen LogP contribution in [0.2, 0.25) is 0 Å². The summed E-state index contributed by atoms with van der Waals surface area (Å²) in [4.78, 5) is 16.9. The molecule has 0 aliphatic heterocycles. The summed E-state index contributed by atoms with van der Waals surface area (Å²) in [6, 6.07) is 4.70. The summed E-state index contributed by atoms with van der Waals surface area (Å²) in [5, 5.41) is 26.5. The zero-order valence-electron chi connectivity index (χ0n) is 13.8. The molecule has 0 bridgehead atoms. The molecule has 0 amide bonds. The fourth-order valence-corrected chi connectivity index (χ4v) is 3.04. The number of hydrogen-bond acceptors (Lipinski definition) is 6. The quantitative estimate of drug-likeness (QED) is 0.493. The molecule has 26 heavy (non-hydrogen) atoms. The van der Waals surface area contributed by atoms with Gasteiger partial charge in [0.1, 0.15) is 5.82 Å². The molecular formula is C17H16FIN4O3. The minimum absolute atomic E-state index is 0.147. The van der Waals surface area contributed by atoms with Crippen LogP contribution >= 0.6 is 22.6 Å². The lowest BCUT2D eigenvalue weighted by molar-refractivity contribution is 0.0770. The molecule has 0 spiro atoms. The molecule has 1 atom stereocenters. The third-order valence-electron chi connectivity index (χ3n) is 3.85. The highest BCUT2D eigenvalue weighted by Gasteiger charge is 2.15. The Bertz CT molecular complexity index is 1020. The van der Waals surface area contributed by atoms with Crippen LogP contribution in [0.4, 0.5) is 15.8 Å². The van der Waals surface area contributed by atoms with Gasteiger partial charge < -0.3 is 15.5 Å². The number of hydrogen-bond donors (Lipinski definition) is 3. The summed E-state index contributed by atoms with van der Waals surface area (Å²) < 4.78 is 16.0. The van der Waals surface area contributed by atoms with E-state index in [2.05, 4.69) is 15.4 Å². The normalized spacial score (nSPS) is 12.3. The second-order valence-electron chi connectivity index (χ2n) is 5.77. The van der Waals surface area contributed by atoms with E-state index >= 15 is 0 Å². The van der Waals surface area contributed by atoms with Crippen molar-refractivity contribution in [3.63, 3.8) is 0 Å². The van der Waals surface area contributed by atoms with Crippen LogP contribution in [0, 0.1) is 16.3 Å². The van der Waals surface area contributed by atoms with E-state index < -0.39 is 24.1 Å². The van der Waals surface area contributed by atoms with Crippen LogP contribution in [-0.4, -0.2) is 37.7 Å². The Labute approximate surface area is 161 Å². The first kappa shape index (κ1) is 18.7. The van der Waals surface area contributed by atoms with E-state index in [1.807, 2.05) is 22.6 Å². The maximum Gasteiger partial charge on any atom is 0.276 e. The summed E-state index contributed by atoms with van der Waals surface area (Å²) in [7, 11) is 0. The number of aromatic nitrogens is 3. The number of aryl methyl sites for hydroxylation is 1. The number of aliphatic hydroxyl groups excluding tert-OH is 2. The molecule has 1 aromatic carbocycles. The van der Waals surface area contributed by atoms with Crippen molar-refractivity contribution in [1.29, 1.82) is 0 Å². The van der Waals surface area contributed by atoms with E-state index in [1.165, 1.54) is 18.5 Å². The lowest BCUT2D eigenvalue weighted by Gasteiger charge is -2.14. The maximum atomic E-state index is 14.2. The molecule has 136 valence electrons. The highest BCUT2D eigenvalue weighted by molar-refractivity contribution is 14.1. The summed E-state index contributed by atoms with van der Waals surface area (Å²) in [5.41, 5.74) is 0.624.